The Kier molecular flexibility index (Phi) is 19.2. The van der Waals surface area contributed by atoms with Crippen LogP contribution in [0.25, 0.3) is 0 Å². The van der Waals surface area contributed by atoms with Gasteiger partial charge >= 0.3 is 0 Å². The van der Waals surface area contributed by atoms with Crippen molar-refractivity contribution in [2.75, 3.05) is 42.7 Å². The van der Waals surface area contributed by atoms with Crippen LogP contribution in [0, 0.1) is 0 Å². The summed E-state index contributed by atoms with van der Waals surface area (Å²) < 4.78 is 34.3. The van der Waals surface area contributed by atoms with Crippen molar-refractivity contribution in [3.05, 3.63) is 66.5 Å². The van der Waals surface area contributed by atoms with Crippen LogP contribution in [0.3, 0.4) is 0 Å². The number of alkyl halides is 3. The predicted octanol–water partition coefficient (Wildman–Crippen LogP) is 12.2. The Morgan fingerprint density at radius 1 is 0.456 bits per heavy atom. The molecular formula is C42H48Br6O9. The molecule has 312 valence electrons. The van der Waals surface area contributed by atoms with E-state index in [0.29, 0.717) is 34.5 Å². The number of carbonyl (C=O) groups is 3. The van der Waals surface area contributed by atoms with Gasteiger partial charge in [0.2, 0.25) is 0 Å². The van der Waals surface area contributed by atoms with Crippen molar-refractivity contribution in [1.82, 2.24) is 0 Å². The highest BCUT2D eigenvalue weighted by molar-refractivity contribution is 9.13. The molecule has 0 aliphatic heterocycles. The molecule has 0 heterocycles. The largest absolute Gasteiger partial charge is 0.493 e. The first-order valence-electron chi connectivity index (χ1n) is 18.5. The van der Waals surface area contributed by atoms with Gasteiger partial charge in [0.15, 0.2) is 51.8 Å². The number of hydrogen-bond acceptors (Lipinski definition) is 9. The summed E-state index contributed by atoms with van der Waals surface area (Å²) in [5.41, 5.74) is 2.94. The van der Waals surface area contributed by atoms with E-state index in [-0.39, 0.29) is 49.6 Å². The van der Waals surface area contributed by atoms with Crippen LogP contribution < -0.4 is 28.4 Å². The van der Waals surface area contributed by atoms with Crippen molar-refractivity contribution in [1.29, 1.82) is 0 Å². The van der Waals surface area contributed by atoms with Crippen LogP contribution in [0.15, 0.2) is 49.8 Å². The maximum atomic E-state index is 12.4. The standard InChI is InChI=1S/C14H15Br3O3.C14H16Br2O3.C14H17BrO3/c1-19-10-6-8(11(16)12(17)14(10)20-2)7-4-3-5-9(15)13(7)18;1-18-12-6-9(11(16)7-13(12)19-2)8-4-3-5-10(15)14(8)17;1-17-12-7-6-9(8-13(12)18-2)10-4-3-5-11(15)14(10)16/h6-7,9H,3-5H2,1-2H3;6-8,10H,3-5H2,1-2H3;6-8,10-11H,3-5H2,1-2H3. The van der Waals surface area contributed by atoms with Crippen molar-refractivity contribution in [2.45, 2.75) is 90.0 Å². The molecule has 0 bridgehead atoms. The quantitative estimate of drug-likeness (QED) is 0.194. The van der Waals surface area contributed by atoms with Crippen LogP contribution in [0.1, 0.15) is 92.2 Å². The molecule has 6 atom stereocenters. The van der Waals surface area contributed by atoms with E-state index in [9.17, 15) is 14.4 Å². The Balaban J connectivity index is 0.000000190. The molecule has 6 rings (SSSR count). The third-order valence-electron chi connectivity index (χ3n) is 10.5. The van der Waals surface area contributed by atoms with Crippen LogP contribution >= 0.6 is 95.6 Å². The summed E-state index contributed by atoms with van der Waals surface area (Å²) in [4.78, 5) is 36.7. The minimum atomic E-state index is -0.112. The molecule has 6 unspecified atom stereocenters. The normalized spacial score (nSPS) is 23.3. The van der Waals surface area contributed by atoms with Crippen LogP contribution in [0.4, 0.5) is 0 Å². The van der Waals surface area contributed by atoms with Crippen molar-refractivity contribution in [3.8, 4) is 34.5 Å². The highest BCUT2D eigenvalue weighted by atomic mass is 79.9. The molecule has 9 nitrogen and oxygen atoms in total. The summed E-state index contributed by atoms with van der Waals surface area (Å²) in [6.45, 7) is 0. The minimum Gasteiger partial charge on any atom is -0.493 e. The lowest BCUT2D eigenvalue weighted by Gasteiger charge is -2.26. The van der Waals surface area contributed by atoms with Gasteiger partial charge in [0.25, 0.3) is 0 Å². The monoisotopic (exact) mass is 1170 g/mol. The summed E-state index contributed by atoms with van der Waals surface area (Å²) in [5.74, 6) is 4.49. The first-order valence-corrected chi connectivity index (χ1v) is 23.7. The highest BCUT2D eigenvalue weighted by Gasteiger charge is 2.35. The van der Waals surface area contributed by atoms with Crippen molar-refractivity contribution >= 4 is 113 Å². The molecule has 3 aromatic carbocycles. The number of ether oxygens (including phenoxy) is 6. The van der Waals surface area contributed by atoms with Gasteiger partial charge in [0.05, 0.1) is 61.6 Å². The third-order valence-corrected chi connectivity index (χ3v) is 16.0. The average molecular weight is 1180 g/mol. The summed E-state index contributed by atoms with van der Waals surface area (Å²) in [7, 11) is 9.61. The van der Waals surface area contributed by atoms with Crippen LogP contribution in [0.2, 0.25) is 0 Å². The summed E-state index contributed by atoms with van der Waals surface area (Å²) in [5, 5.41) is 0. The molecule has 15 heteroatoms. The fraction of sp³-hybridized carbons (Fsp3) is 0.500. The molecule has 3 aromatic rings. The van der Waals surface area contributed by atoms with E-state index < -0.39 is 0 Å². The van der Waals surface area contributed by atoms with Gasteiger partial charge in [-0.15, -0.1) is 0 Å². The maximum Gasteiger partial charge on any atom is 0.176 e. The van der Waals surface area contributed by atoms with Gasteiger partial charge in [-0.3, -0.25) is 14.4 Å². The fourth-order valence-corrected chi connectivity index (χ4v) is 11.1. The molecule has 0 spiro atoms. The first kappa shape index (κ1) is 48.0. The molecule has 3 aliphatic rings. The molecule has 3 aliphatic carbocycles. The van der Waals surface area contributed by atoms with Gasteiger partial charge in [-0.2, -0.15) is 0 Å². The molecule has 0 radical (unpaired) electrons. The zero-order valence-electron chi connectivity index (χ0n) is 32.7. The summed E-state index contributed by atoms with van der Waals surface area (Å²) in [6, 6.07) is 11.4. The highest BCUT2D eigenvalue weighted by Crippen LogP contribution is 2.47. The Labute approximate surface area is 386 Å². The SMILES string of the molecule is COc1cc(Br)c(C2CCCC(Br)C2=O)cc1OC.COc1cc(C2CCCC(Br)C2=O)c(Br)c(Br)c1OC.COc1ccc(C2CCCC(Br)C2=O)cc1OC. The van der Waals surface area contributed by atoms with Gasteiger partial charge in [0.1, 0.15) is 0 Å². The minimum absolute atomic E-state index is 0.00986. The molecule has 0 saturated heterocycles. The van der Waals surface area contributed by atoms with Gasteiger partial charge in [-0.05, 0) is 117 Å². The molecule has 0 aromatic heterocycles. The van der Waals surface area contributed by atoms with Crippen molar-refractivity contribution in [3.63, 3.8) is 0 Å². The molecule has 3 fully saturated rings. The number of halogens is 6. The van der Waals surface area contributed by atoms with E-state index in [0.717, 1.165) is 87.9 Å². The lowest BCUT2D eigenvalue weighted by molar-refractivity contribution is -0.122. The maximum absolute atomic E-state index is 12.4. The van der Waals surface area contributed by atoms with Gasteiger partial charge in [-0.25, -0.2) is 0 Å². The predicted molar refractivity (Wildman–Crippen MR) is 245 cm³/mol. The second kappa shape index (κ2) is 22.8. The second-order valence-electron chi connectivity index (χ2n) is 13.7. The molecule has 0 N–H and O–H groups in total. The zero-order valence-corrected chi connectivity index (χ0v) is 42.3. The first-order chi connectivity index (χ1) is 27.3. The van der Waals surface area contributed by atoms with E-state index in [1.54, 1.807) is 42.7 Å². The zero-order chi connectivity index (χ0) is 42.0. The Morgan fingerprint density at radius 2 is 0.877 bits per heavy atom. The number of carbonyl (C=O) groups excluding carboxylic acids is 3. The van der Waals surface area contributed by atoms with E-state index in [2.05, 4.69) is 95.6 Å². The average Bonchev–Trinajstić information content (AvgIpc) is 3.22. The lowest BCUT2D eigenvalue weighted by atomic mass is 9.83. The van der Waals surface area contributed by atoms with E-state index in [4.69, 9.17) is 28.4 Å². The Hall–Kier alpha value is -1.65. The third kappa shape index (κ3) is 11.6. The number of ketones is 3. The molecule has 0 amide bonds. The fourth-order valence-electron chi connectivity index (χ4n) is 7.37. The molecule has 3 saturated carbocycles. The number of rotatable bonds is 9. The molecule has 57 heavy (non-hydrogen) atoms. The van der Waals surface area contributed by atoms with Gasteiger partial charge in [0, 0.05) is 26.7 Å². The van der Waals surface area contributed by atoms with E-state index >= 15 is 0 Å². The van der Waals surface area contributed by atoms with Gasteiger partial charge in [-0.1, -0.05) is 89.0 Å². The number of benzene rings is 3. The van der Waals surface area contributed by atoms with E-state index in [1.807, 2.05) is 36.4 Å². The Morgan fingerprint density at radius 3 is 1.37 bits per heavy atom. The Bertz CT molecular complexity index is 1890. The van der Waals surface area contributed by atoms with E-state index in [1.165, 1.54) is 0 Å². The molecular weight excluding hydrogens is 1130 g/mol. The summed E-state index contributed by atoms with van der Waals surface area (Å²) >= 11 is 21.0. The van der Waals surface area contributed by atoms with Crippen molar-refractivity contribution in [2.24, 2.45) is 0 Å². The van der Waals surface area contributed by atoms with Crippen LogP contribution in [0.5, 0.6) is 34.5 Å². The topological polar surface area (TPSA) is 107 Å². The van der Waals surface area contributed by atoms with Crippen molar-refractivity contribution < 1.29 is 42.8 Å². The number of Topliss-reactive ketones (excluding diaryl/α,β-unsaturated/α-hetero) is 3. The number of hydrogen-bond donors (Lipinski definition) is 0. The number of methoxy groups -OCH3 is 6. The smallest absolute Gasteiger partial charge is 0.176 e. The summed E-state index contributed by atoms with van der Waals surface area (Å²) in [6.07, 6.45) is 8.57. The second-order valence-corrected chi connectivity index (χ2v) is 19.5. The van der Waals surface area contributed by atoms with Gasteiger partial charge < -0.3 is 28.4 Å². The lowest BCUT2D eigenvalue weighted by Crippen LogP contribution is -2.27. The van der Waals surface area contributed by atoms with Crippen LogP contribution in [-0.4, -0.2) is 74.5 Å². The van der Waals surface area contributed by atoms with Crippen LogP contribution in [-0.2, 0) is 14.4 Å².